The maximum Gasteiger partial charge on any atom is 0.116 e. The van der Waals surface area contributed by atoms with Crippen molar-refractivity contribution in [3.05, 3.63) is 0 Å². The lowest BCUT2D eigenvalue weighted by Crippen LogP contribution is -2.16. The predicted octanol–water partition coefficient (Wildman–Crippen LogP) is 2.94. The van der Waals surface area contributed by atoms with Crippen molar-refractivity contribution in [2.45, 2.75) is 33.0 Å². The van der Waals surface area contributed by atoms with Gasteiger partial charge in [0.25, 0.3) is 0 Å². The average Bonchev–Trinajstić information content (AvgIpc) is 1.62. The van der Waals surface area contributed by atoms with E-state index in [0.29, 0.717) is 0 Å². The minimum absolute atomic E-state index is 0.842. The fourth-order valence-electron chi connectivity index (χ4n) is 0.442. The second kappa shape index (κ2) is 3.42. The molecule has 0 aromatic carbocycles. The third kappa shape index (κ3) is 6.12. The minimum atomic E-state index is -1.05. The summed E-state index contributed by atoms with van der Waals surface area (Å²) in [6, 6.07) is 0. The SMILES string of the molecule is CCC(=N)S[Si](C)(C)C. The average molecular weight is 161 g/mol. The third-order valence-electron chi connectivity index (χ3n) is 0.751. The molecule has 0 spiro atoms. The van der Waals surface area contributed by atoms with Crippen molar-refractivity contribution in [2.24, 2.45) is 0 Å². The molecule has 3 heteroatoms. The molecule has 9 heavy (non-hydrogen) atoms. The molecular formula is C6H15NSSi. The highest BCUT2D eigenvalue weighted by Gasteiger charge is 2.15. The van der Waals surface area contributed by atoms with Crippen LogP contribution in [-0.2, 0) is 0 Å². The summed E-state index contributed by atoms with van der Waals surface area (Å²) in [6.45, 7) is 8.83. The van der Waals surface area contributed by atoms with Crippen LogP contribution in [0.2, 0.25) is 19.6 Å². The summed E-state index contributed by atoms with van der Waals surface area (Å²) in [5, 5.41) is 8.23. The van der Waals surface area contributed by atoms with Gasteiger partial charge in [-0.05, 0) is 6.42 Å². The maximum absolute atomic E-state index is 7.39. The molecule has 1 nitrogen and oxygen atoms in total. The van der Waals surface area contributed by atoms with Gasteiger partial charge in [-0.3, -0.25) is 5.41 Å². The van der Waals surface area contributed by atoms with E-state index in [1.165, 1.54) is 0 Å². The van der Waals surface area contributed by atoms with Crippen molar-refractivity contribution in [1.82, 2.24) is 0 Å². The molecule has 1 N–H and O–H groups in total. The van der Waals surface area contributed by atoms with Gasteiger partial charge in [0.15, 0.2) is 0 Å². The quantitative estimate of drug-likeness (QED) is 0.376. The van der Waals surface area contributed by atoms with Crippen LogP contribution in [0, 0.1) is 5.41 Å². The zero-order valence-electron chi connectivity index (χ0n) is 6.62. The normalized spacial score (nSPS) is 11.6. The van der Waals surface area contributed by atoms with Gasteiger partial charge >= 0.3 is 0 Å². The topological polar surface area (TPSA) is 23.9 Å². The van der Waals surface area contributed by atoms with Crippen LogP contribution in [0.25, 0.3) is 0 Å². The van der Waals surface area contributed by atoms with Gasteiger partial charge in [0.1, 0.15) is 7.22 Å². The highest BCUT2D eigenvalue weighted by molar-refractivity contribution is 8.39. The van der Waals surface area contributed by atoms with E-state index in [2.05, 4.69) is 19.6 Å². The van der Waals surface area contributed by atoms with Crippen LogP contribution in [0.5, 0.6) is 0 Å². The van der Waals surface area contributed by atoms with Crippen LogP contribution in [0.15, 0.2) is 0 Å². The van der Waals surface area contributed by atoms with Crippen LogP contribution < -0.4 is 0 Å². The zero-order valence-corrected chi connectivity index (χ0v) is 8.43. The highest BCUT2D eigenvalue weighted by Crippen LogP contribution is 2.21. The van der Waals surface area contributed by atoms with Crippen LogP contribution >= 0.6 is 11.2 Å². The Bertz CT molecular complexity index is 106. The molecule has 0 radical (unpaired) electrons. The van der Waals surface area contributed by atoms with Crippen molar-refractivity contribution < 1.29 is 0 Å². The molecule has 0 aromatic heterocycles. The molecule has 0 bridgehead atoms. The molecule has 0 amide bonds. The van der Waals surface area contributed by atoms with E-state index in [4.69, 9.17) is 5.41 Å². The molecule has 0 aliphatic rings. The van der Waals surface area contributed by atoms with Gasteiger partial charge < -0.3 is 0 Å². The van der Waals surface area contributed by atoms with E-state index in [0.717, 1.165) is 11.5 Å². The molecule has 0 heterocycles. The Morgan fingerprint density at radius 1 is 1.44 bits per heavy atom. The number of hydrogen-bond donors (Lipinski definition) is 1. The molecule has 0 rings (SSSR count). The molecule has 0 aliphatic heterocycles. The first-order chi connectivity index (χ1) is 3.95. The first-order valence-electron chi connectivity index (χ1n) is 3.22. The van der Waals surface area contributed by atoms with Gasteiger partial charge in [-0.2, -0.15) is 0 Å². The Balaban J connectivity index is 3.60. The van der Waals surface area contributed by atoms with Crippen LogP contribution in [-0.4, -0.2) is 12.3 Å². The monoisotopic (exact) mass is 161 g/mol. The summed E-state index contributed by atoms with van der Waals surface area (Å²) in [4.78, 5) is 0. The fraction of sp³-hybridized carbons (Fsp3) is 0.833. The molecule has 0 atom stereocenters. The Morgan fingerprint density at radius 3 is 2.00 bits per heavy atom. The van der Waals surface area contributed by atoms with E-state index < -0.39 is 7.22 Å². The summed E-state index contributed by atoms with van der Waals surface area (Å²) in [5.41, 5.74) is 0. The van der Waals surface area contributed by atoms with Gasteiger partial charge in [-0.1, -0.05) is 26.6 Å². The molecule has 0 aliphatic carbocycles. The minimum Gasteiger partial charge on any atom is -0.299 e. The van der Waals surface area contributed by atoms with Crippen molar-refractivity contribution in [3.8, 4) is 0 Å². The Kier molecular flexibility index (Phi) is 3.51. The Labute approximate surface area is 62.4 Å². The lowest BCUT2D eigenvalue weighted by Gasteiger charge is -2.14. The number of rotatable bonds is 2. The summed E-state index contributed by atoms with van der Waals surface area (Å²) < 4.78 is 0. The van der Waals surface area contributed by atoms with Gasteiger partial charge in [0, 0.05) is 0 Å². The first-order valence-corrected chi connectivity index (χ1v) is 8.26. The van der Waals surface area contributed by atoms with Crippen molar-refractivity contribution in [3.63, 3.8) is 0 Å². The van der Waals surface area contributed by atoms with Crippen LogP contribution in [0.3, 0.4) is 0 Å². The highest BCUT2D eigenvalue weighted by atomic mass is 32.4. The Morgan fingerprint density at radius 2 is 1.89 bits per heavy atom. The molecule has 0 aromatic rings. The van der Waals surface area contributed by atoms with E-state index in [1.54, 1.807) is 11.2 Å². The zero-order chi connectivity index (χ0) is 7.49. The largest absolute Gasteiger partial charge is 0.299 e. The lowest BCUT2D eigenvalue weighted by atomic mass is 10.5. The van der Waals surface area contributed by atoms with Gasteiger partial charge in [-0.15, -0.1) is 11.2 Å². The van der Waals surface area contributed by atoms with Crippen molar-refractivity contribution in [2.75, 3.05) is 0 Å². The van der Waals surface area contributed by atoms with E-state index in [9.17, 15) is 0 Å². The van der Waals surface area contributed by atoms with Crippen molar-refractivity contribution in [1.29, 1.82) is 5.41 Å². The number of hydrogen-bond acceptors (Lipinski definition) is 2. The van der Waals surface area contributed by atoms with E-state index >= 15 is 0 Å². The second-order valence-corrected chi connectivity index (χ2v) is 12.2. The smallest absolute Gasteiger partial charge is 0.116 e. The van der Waals surface area contributed by atoms with Crippen LogP contribution in [0.1, 0.15) is 13.3 Å². The fourth-order valence-corrected chi connectivity index (χ4v) is 3.98. The third-order valence-corrected chi connectivity index (χ3v) is 4.47. The first kappa shape index (κ1) is 9.24. The van der Waals surface area contributed by atoms with Crippen LogP contribution in [0.4, 0.5) is 0 Å². The second-order valence-electron chi connectivity index (χ2n) is 2.99. The maximum atomic E-state index is 7.39. The molecule has 54 valence electrons. The number of nitrogens with one attached hydrogen (secondary N) is 1. The van der Waals surface area contributed by atoms with Gasteiger partial charge in [0.2, 0.25) is 0 Å². The standard InChI is InChI=1S/C6H15NSSi/c1-5-6(7)8-9(2,3)4/h7H,5H2,1-4H3. The van der Waals surface area contributed by atoms with E-state index in [-0.39, 0.29) is 0 Å². The molecule has 0 unspecified atom stereocenters. The molecule has 0 saturated heterocycles. The summed E-state index contributed by atoms with van der Waals surface area (Å²) in [6.07, 6.45) is 0.898. The summed E-state index contributed by atoms with van der Waals surface area (Å²) >= 11 is 1.78. The molecule has 0 fully saturated rings. The van der Waals surface area contributed by atoms with E-state index in [1.807, 2.05) is 6.92 Å². The van der Waals surface area contributed by atoms with Crippen molar-refractivity contribution >= 4 is 23.5 Å². The summed E-state index contributed by atoms with van der Waals surface area (Å²) in [7, 11) is -1.05. The predicted molar refractivity (Wildman–Crippen MR) is 49.0 cm³/mol. The molecule has 0 saturated carbocycles. The summed E-state index contributed by atoms with van der Waals surface area (Å²) in [5.74, 6) is 0. The Hall–Kier alpha value is 0.237. The van der Waals surface area contributed by atoms with Gasteiger partial charge in [0.05, 0.1) is 5.04 Å². The van der Waals surface area contributed by atoms with Gasteiger partial charge in [-0.25, -0.2) is 0 Å². The lowest BCUT2D eigenvalue weighted by molar-refractivity contribution is 1.28. The molecular weight excluding hydrogens is 146 g/mol.